The quantitative estimate of drug-likeness (QED) is 0.930. The molecule has 0 aromatic heterocycles. The van der Waals surface area contributed by atoms with Crippen LogP contribution in [0.2, 0.25) is 0 Å². The van der Waals surface area contributed by atoms with Gasteiger partial charge >= 0.3 is 0 Å². The van der Waals surface area contributed by atoms with Gasteiger partial charge in [-0.3, -0.25) is 14.5 Å². The average molecular weight is 338 g/mol. The average Bonchev–Trinajstić information content (AvgIpc) is 2.61. The molecule has 1 heterocycles. The van der Waals surface area contributed by atoms with Crippen molar-refractivity contribution in [1.82, 2.24) is 0 Å². The summed E-state index contributed by atoms with van der Waals surface area (Å²) in [5.41, 5.74) is 3.57. The topological polar surface area (TPSA) is 58.6 Å². The number of nitrogens with zero attached hydrogens (tertiary/aromatic N) is 1. The molecule has 1 N–H and O–H groups in total. The van der Waals surface area contributed by atoms with Crippen molar-refractivity contribution in [2.24, 2.45) is 0 Å². The smallest absolute Gasteiger partial charge is 0.265 e. The van der Waals surface area contributed by atoms with Crippen molar-refractivity contribution < 1.29 is 14.3 Å². The molecule has 0 spiro atoms. The Morgan fingerprint density at radius 3 is 2.64 bits per heavy atom. The first kappa shape index (κ1) is 17.0. The van der Waals surface area contributed by atoms with Crippen molar-refractivity contribution in [3.05, 3.63) is 53.6 Å². The molecule has 5 nitrogen and oxygen atoms in total. The molecule has 25 heavy (non-hydrogen) atoms. The van der Waals surface area contributed by atoms with Crippen LogP contribution in [-0.4, -0.2) is 24.5 Å². The molecule has 5 heteroatoms. The monoisotopic (exact) mass is 338 g/mol. The molecule has 2 amide bonds. The first-order chi connectivity index (χ1) is 12.0. The lowest BCUT2D eigenvalue weighted by molar-refractivity contribution is -0.125. The number of carbonyl (C=O) groups excluding carboxylic acids is 2. The fourth-order valence-electron chi connectivity index (χ4n) is 2.89. The highest BCUT2D eigenvalue weighted by Crippen LogP contribution is 2.34. The summed E-state index contributed by atoms with van der Waals surface area (Å²) in [5, 5.41) is 2.88. The van der Waals surface area contributed by atoms with Gasteiger partial charge in [0.15, 0.2) is 6.61 Å². The third-order valence-electron chi connectivity index (χ3n) is 4.39. The standard InChI is InChI=1S/C20H22N2O3/c1-4-15-6-8-16(9-7-15)21-20(24)14(3)22-17-11-13(2)5-10-18(17)25-12-19(22)23/h5-11,14H,4,12H2,1-3H3,(H,21,24). The normalized spacial score (nSPS) is 14.5. The predicted molar refractivity (Wildman–Crippen MR) is 98.1 cm³/mol. The van der Waals surface area contributed by atoms with Crippen molar-refractivity contribution in [1.29, 1.82) is 0 Å². The number of amides is 2. The molecule has 1 atom stereocenters. The fourth-order valence-corrected chi connectivity index (χ4v) is 2.89. The van der Waals surface area contributed by atoms with E-state index in [4.69, 9.17) is 4.74 Å². The number of ether oxygens (including phenoxy) is 1. The largest absolute Gasteiger partial charge is 0.482 e. The Balaban J connectivity index is 1.81. The summed E-state index contributed by atoms with van der Waals surface area (Å²) in [6, 6.07) is 12.7. The summed E-state index contributed by atoms with van der Waals surface area (Å²) >= 11 is 0. The number of fused-ring (bicyclic) bond motifs is 1. The Hall–Kier alpha value is -2.82. The molecule has 2 aromatic carbocycles. The Bertz CT molecular complexity index is 799. The van der Waals surface area contributed by atoms with E-state index in [0.717, 1.165) is 17.7 Å². The fraction of sp³-hybridized carbons (Fsp3) is 0.300. The van der Waals surface area contributed by atoms with Gasteiger partial charge in [0.1, 0.15) is 11.8 Å². The molecule has 3 rings (SSSR count). The van der Waals surface area contributed by atoms with Gasteiger partial charge in [0, 0.05) is 5.69 Å². The van der Waals surface area contributed by atoms with E-state index in [-0.39, 0.29) is 18.4 Å². The number of nitrogens with one attached hydrogen (secondary N) is 1. The lowest BCUT2D eigenvalue weighted by Gasteiger charge is -2.33. The van der Waals surface area contributed by atoms with Crippen LogP contribution in [0.25, 0.3) is 0 Å². The Morgan fingerprint density at radius 1 is 1.24 bits per heavy atom. The Labute approximate surface area is 147 Å². The van der Waals surface area contributed by atoms with Crippen LogP contribution >= 0.6 is 0 Å². The summed E-state index contributed by atoms with van der Waals surface area (Å²) in [6.07, 6.45) is 0.947. The molecule has 0 saturated carbocycles. The van der Waals surface area contributed by atoms with Gasteiger partial charge in [-0.15, -0.1) is 0 Å². The predicted octanol–water partition coefficient (Wildman–Crippen LogP) is 3.31. The second kappa shape index (κ2) is 6.97. The van der Waals surface area contributed by atoms with Gasteiger partial charge in [0.05, 0.1) is 5.69 Å². The van der Waals surface area contributed by atoms with Crippen molar-refractivity contribution >= 4 is 23.2 Å². The van der Waals surface area contributed by atoms with E-state index in [1.165, 1.54) is 10.5 Å². The molecule has 0 saturated heterocycles. The summed E-state index contributed by atoms with van der Waals surface area (Å²) in [6.45, 7) is 5.70. The second-order valence-electron chi connectivity index (χ2n) is 6.24. The number of rotatable bonds is 4. The van der Waals surface area contributed by atoms with Gasteiger partial charge in [0.2, 0.25) is 5.91 Å². The highest BCUT2D eigenvalue weighted by atomic mass is 16.5. The van der Waals surface area contributed by atoms with Crippen LogP contribution < -0.4 is 15.0 Å². The maximum atomic E-state index is 12.7. The number of hydrogen-bond acceptors (Lipinski definition) is 3. The number of anilines is 2. The minimum absolute atomic E-state index is 0.0567. The number of benzene rings is 2. The van der Waals surface area contributed by atoms with E-state index in [2.05, 4.69) is 12.2 Å². The number of carbonyl (C=O) groups is 2. The summed E-state index contributed by atoms with van der Waals surface area (Å²) in [7, 11) is 0. The zero-order valence-electron chi connectivity index (χ0n) is 14.7. The highest BCUT2D eigenvalue weighted by Gasteiger charge is 2.33. The summed E-state index contributed by atoms with van der Waals surface area (Å²) in [4.78, 5) is 26.5. The lowest BCUT2D eigenvalue weighted by Crippen LogP contribution is -2.49. The molecular weight excluding hydrogens is 316 g/mol. The van der Waals surface area contributed by atoms with Crippen molar-refractivity contribution in [2.45, 2.75) is 33.2 Å². The van der Waals surface area contributed by atoms with E-state index in [9.17, 15) is 9.59 Å². The summed E-state index contributed by atoms with van der Waals surface area (Å²) < 4.78 is 5.47. The van der Waals surface area contributed by atoms with E-state index in [1.54, 1.807) is 6.92 Å². The second-order valence-corrected chi connectivity index (χ2v) is 6.24. The van der Waals surface area contributed by atoms with E-state index in [0.29, 0.717) is 11.4 Å². The molecule has 0 aliphatic carbocycles. The Morgan fingerprint density at radius 2 is 1.96 bits per heavy atom. The minimum atomic E-state index is -0.636. The molecule has 2 aromatic rings. The van der Waals surface area contributed by atoms with Crippen LogP contribution in [0.15, 0.2) is 42.5 Å². The zero-order chi connectivity index (χ0) is 18.0. The zero-order valence-corrected chi connectivity index (χ0v) is 14.7. The van der Waals surface area contributed by atoms with Crippen LogP contribution in [0.4, 0.5) is 11.4 Å². The molecule has 0 radical (unpaired) electrons. The van der Waals surface area contributed by atoms with E-state index in [1.807, 2.05) is 49.4 Å². The minimum Gasteiger partial charge on any atom is -0.482 e. The van der Waals surface area contributed by atoms with Gasteiger partial charge < -0.3 is 10.1 Å². The first-order valence-electron chi connectivity index (χ1n) is 8.45. The maximum Gasteiger partial charge on any atom is 0.265 e. The molecule has 0 bridgehead atoms. The lowest BCUT2D eigenvalue weighted by atomic mass is 10.1. The molecule has 1 aliphatic heterocycles. The van der Waals surface area contributed by atoms with E-state index < -0.39 is 6.04 Å². The molecular formula is C20H22N2O3. The molecule has 0 fully saturated rings. The third-order valence-corrected chi connectivity index (χ3v) is 4.39. The van der Waals surface area contributed by atoms with Crippen LogP contribution in [0.5, 0.6) is 5.75 Å². The first-order valence-corrected chi connectivity index (χ1v) is 8.45. The molecule has 1 aliphatic rings. The molecule has 130 valence electrons. The number of hydrogen-bond donors (Lipinski definition) is 1. The van der Waals surface area contributed by atoms with Crippen molar-refractivity contribution in [3.8, 4) is 5.75 Å². The van der Waals surface area contributed by atoms with Crippen molar-refractivity contribution in [2.75, 3.05) is 16.8 Å². The van der Waals surface area contributed by atoms with Gasteiger partial charge in [-0.05, 0) is 55.7 Å². The van der Waals surface area contributed by atoms with Gasteiger partial charge in [-0.25, -0.2) is 0 Å². The van der Waals surface area contributed by atoms with Crippen molar-refractivity contribution in [3.63, 3.8) is 0 Å². The van der Waals surface area contributed by atoms with Gasteiger partial charge in [-0.1, -0.05) is 25.1 Å². The van der Waals surface area contributed by atoms with Gasteiger partial charge in [0.25, 0.3) is 5.91 Å². The van der Waals surface area contributed by atoms with E-state index >= 15 is 0 Å². The summed E-state index contributed by atoms with van der Waals surface area (Å²) in [5.74, 6) is 0.172. The van der Waals surface area contributed by atoms with Crippen LogP contribution in [0, 0.1) is 6.92 Å². The highest BCUT2D eigenvalue weighted by molar-refractivity contribution is 6.06. The van der Waals surface area contributed by atoms with Crippen LogP contribution in [-0.2, 0) is 16.0 Å². The number of aryl methyl sites for hydroxylation is 2. The molecule has 1 unspecified atom stereocenters. The Kier molecular flexibility index (Phi) is 4.74. The SMILES string of the molecule is CCc1ccc(NC(=O)C(C)N2C(=O)COc3ccc(C)cc32)cc1. The third kappa shape index (κ3) is 3.50. The maximum absolute atomic E-state index is 12.7. The van der Waals surface area contributed by atoms with Crippen LogP contribution in [0.1, 0.15) is 25.0 Å². The van der Waals surface area contributed by atoms with Gasteiger partial charge in [-0.2, -0.15) is 0 Å². The van der Waals surface area contributed by atoms with Crippen LogP contribution in [0.3, 0.4) is 0 Å².